The molecule has 3 aromatic rings. The molecule has 1 atom stereocenters. The molecule has 2 aromatic carbocycles. The highest BCUT2D eigenvalue weighted by atomic mass is 19.1. The number of esters is 1. The summed E-state index contributed by atoms with van der Waals surface area (Å²) in [5.41, 5.74) is 2.75. The number of allylic oxidation sites excluding steroid dienone is 1. The summed E-state index contributed by atoms with van der Waals surface area (Å²) in [7, 11) is 1.58. The van der Waals surface area contributed by atoms with Crippen LogP contribution >= 0.6 is 0 Å². The molecule has 0 aliphatic carbocycles. The third kappa shape index (κ3) is 5.85. The Labute approximate surface area is 207 Å². The van der Waals surface area contributed by atoms with E-state index in [0.29, 0.717) is 35.4 Å². The van der Waals surface area contributed by atoms with Crippen LogP contribution in [0.2, 0.25) is 0 Å². The van der Waals surface area contributed by atoms with Gasteiger partial charge in [0.15, 0.2) is 0 Å². The number of benzene rings is 2. The van der Waals surface area contributed by atoms with Crippen molar-refractivity contribution >= 4 is 12.0 Å². The third-order valence-electron chi connectivity index (χ3n) is 5.65. The van der Waals surface area contributed by atoms with E-state index in [9.17, 15) is 19.2 Å². The van der Waals surface area contributed by atoms with Crippen molar-refractivity contribution in [2.75, 3.05) is 7.11 Å². The van der Waals surface area contributed by atoms with Gasteiger partial charge in [0.1, 0.15) is 24.2 Å². The number of aryl methyl sites for hydroxylation is 1. The van der Waals surface area contributed by atoms with Crippen LogP contribution in [0.4, 0.5) is 9.18 Å². The average molecular weight is 487 g/mol. The van der Waals surface area contributed by atoms with E-state index in [-0.39, 0.29) is 17.7 Å². The standard InChI is InChI=1S/C27H23FN4O4/c1-35-22-7-3-4-17(12-22)8-9-23-24(26(33)36-16-18-5-2-6-21(28)11-18)25(32-27(34)31-23)20-10-19(13-29)14-30-15-20/h2-7,10-12,14-15,25H,8-9,16H2,1H3,(H2,31,32,34). The quantitative estimate of drug-likeness (QED) is 0.464. The van der Waals surface area contributed by atoms with Gasteiger partial charge in [-0.05, 0) is 59.9 Å². The number of nitrogens with zero attached hydrogens (tertiary/aromatic N) is 2. The normalized spacial score (nSPS) is 14.9. The summed E-state index contributed by atoms with van der Waals surface area (Å²) in [6, 6.07) is 15.4. The Morgan fingerprint density at radius 2 is 1.92 bits per heavy atom. The lowest BCUT2D eigenvalue weighted by molar-refractivity contribution is -0.140. The van der Waals surface area contributed by atoms with Crippen LogP contribution in [0.15, 0.2) is 78.3 Å². The van der Waals surface area contributed by atoms with Crippen LogP contribution in [0.25, 0.3) is 0 Å². The predicted octanol–water partition coefficient (Wildman–Crippen LogP) is 4.09. The van der Waals surface area contributed by atoms with E-state index in [1.54, 1.807) is 19.2 Å². The van der Waals surface area contributed by atoms with Gasteiger partial charge in [-0.25, -0.2) is 14.0 Å². The number of halogens is 1. The summed E-state index contributed by atoms with van der Waals surface area (Å²) >= 11 is 0. The van der Waals surface area contributed by atoms with E-state index in [1.807, 2.05) is 30.3 Å². The molecule has 0 bridgehead atoms. The molecule has 0 radical (unpaired) electrons. The van der Waals surface area contributed by atoms with Crippen molar-refractivity contribution in [3.8, 4) is 11.8 Å². The highest BCUT2D eigenvalue weighted by Gasteiger charge is 2.34. The second kappa shape index (κ2) is 11.1. The third-order valence-corrected chi connectivity index (χ3v) is 5.65. The maximum atomic E-state index is 13.6. The van der Waals surface area contributed by atoms with Crippen molar-refractivity contribution < 1.29 is 23.5 Å². The van der Waals surface area contributed by atoms with Crippen LogP contribution in [0.1, 0.15) is 34.7 Å². The molecule has 2 heterocycles. The molecular formula is C27H23FN4O4. The molecule has 1 aromatic heterocycles. The summed E-state index contributed by atoms with van der Waals surface area (Å²) in [5, 5.41) is 14.8. The van der Waals surface area contributed by atoms with Crippen LogP contribution < -0.4 is 15.4 Å². The number of methoxy groups -OCH3 is 1. The second-order valence-corrected chi connectivity index (χ2v) is 8.10. The molecule has 1 aliphatic heterocycles. The van der Waals surface area contributed by atoms with E-state index in [2.05, 4.69) is 15.6 Å². The minimum absolute atomic E-state index is 0.152. The number of hydrogen-bond acceptors (Lipinski definition) is 6. The molecule has 1 unspecified atom stereocenters. The van der Waals surface area contributed by atoms with E-state index in [1.165, 1.54) is 30.6 Å². The lowest BCUT2D eigenvalue weighted by Gasteiger charge is -2.29. The number of pyridine rings is 1. The number of nitrogens with one attached hydrogen (secondary N) is 2. The van der Waals surface area contributed by atoms with Gasteiger partial charge in [0, 0.05) is 18.1 Å². The molecule has 2 amide bonds. The lowest BCUT2D eigenvalue weighted by atomic mass is 9.93. The molecule has 36 heavy (non-hydrogen) atoms. The van der Waals surface area contributed by atoms with Crippen molar-refractivity contribution in [1.82, 2.24) is 15.6 Å². The molecule has 0 fully saturated rings. The van der Waals surface area contributed by atoms with Gasteiger partial charge in [-0.1, -0.05) is 24.3 Å². The van der Waals surface area contributed by atoms with Crippen molar-refractivity contribution in [3.05, 3.63) is 106 Å². The zero-order valence-corrected chi connectivity index (χ0v) is 19.5. The molecule has 0 saturated carbocycles. The molecular weight excluding hydrogens is 463 g/mol. The molecule has 1 aliphatic rings. The topological polar surface area (TPSA) is 113 Å². The van der Waals surface area contributed by atoms with Gasteiger partial charge >= 0.3 is 12.0 Å². The Balaban J connectivity index is 1.67. The number of urea groups is 1. The molecule has 0 saturated heterocycles. The van der Waals surface area contributed by atoms with Gasteiger partial charge in [-0.2, -0.15) is 5.26 Å². The van der Waals surface area contributed by atoms with Gasteiger partial charge in [-0.15, -0.1) is 0 Å². The number of ether oxygens (including phenoxy) is 2. The van der Waals surface area contributed by atoms with Gasteiger partial charge in [-0.3, -0.25) is 4.98 Å². The van der Waals surface area contributed by atoms with Crippen molar-refractivity contribution in [3.63, 3.8) is 0 Å². The fraction of sp³-hybridized carbons (Fsp3) is 0.185. The summed E-state index contributed by atoms with van der Waals surface area (Å²) in [6.07, 6.45) is 3.71. The maximum Gasteiger partial charge on any atom is 0.338 e. The molecule has 182 valence electrons. The van der Waals surface area contributed by atoms with Crippen LogP contribution in [0, 0.1) is 17.1 Å². The minimum atomic E-state index is -0.889. The number of carbonyl (C=O) groups excluding carboxylic acids is 2. The highest BCUT2D eigenvalue weighted by molar-refractivity contribution is 5.95. The van der Waals surface area contributed by atoms with E-state index >= 15 is 0 Å². The summed E-state index contributed by atoms with van der Waals surface area (Å²) in [4.78, 5) is 30.0. The first-order valence-corrected chi connectivity index (χ1v) is 11.2. The smallest absolute Gasteiger partial charge is 0.338 e. The molecule has 9 heteroatoms. The minimum Gasteiger partial charge on any atom is -0.497 e. The Morgan fingerprint density at radius 1 is 1.11 bits per heavy atom. The Bertz CT molecular complexity index is 1370. The largest absolute Gasteiger partial charge is 0.497 e. The fourth-order valence-electron chi connectivity index (χ4n) is 3.93. The average Bonchev–Trinajstić information content (AvgIpc) is 2.90. The SMILES string of the molecule is COc1cccc(CCC2=C(C(=O)OCc3cccc(F)c3)C(c3cncc(C#N)c3)NC(=O)N2)c1. The van der Waals surface area contributed by atoms with Crippen LogP contribution in [0.5, 0.6) is 5.75 Å². The maximum absolute atomic E-state index is 13.6. The first-order chi connectivity index (χ1) is 17.5. The molecule has 0 spiro atoms. The number of hydrogen-bond donors (Lipinski definition) is 2. The zero-order valence-electron chi connectivity index (χ0n) is 19.5. The number of amides is 2. The summed E-state index contributed by atoms with van der Waals surface area (Å²) in [5.74, 6) is -0.423. The zero-order chi connectivity index (χ0) is 25.5. The first-order valence-electron chi connectivity index (χ1n) is 11.2. The van der Waals surface area contributed by atoms with Crippen LogP contribution in [-0.2, 0) is 22.6 Å². The second-order valence-electron chi connectivity index (χ2n) is 8.10. The first kappa shape index (κ1) is 24.4. The van der Waals surface area contributed by atoms with Gasteiger partial charge in [0.2, 0.25) is 0 Å². The van der Waals surface area contributed by atoms with Gasteiger partial charge in [0.25, 0.3) is 0 Å². The number of aromatic nitrogens is 1. The highest BCUT2D eigenvalue weighted by Crippen LogP contribution is 2.30. The van der Waals surface area contributed by atoms with Crippen molar-refractivity contribution in [1.29, 1.82) is 5.26 Å². The predicted molar refractivity (Wildman–Crippen MR) is 128 cm³/mol. The van der Waals surface area contributed by atoms with Gasteiger partial charge < -0.3 is 20.1 Å². The Morgan fingerprint density at radius 3 is 2.69 bits per heavy atom. The summed E-state index contributed by atoms with van der Waals surface area (Å²) in [6.45, 7) is -0.152. The number of carbonyl (C=O) groups is 2. The van der Waals surface area contributed by atoms with Crippen molar-refractivity contribution in [2.24, 2.45) is 0 Å². The molecule has 4 rings (SSSR count). The monoisotopic (exact) mass is 486 g/mol. The van der Waals surface area contributed by atoms with Crippen LogP contribution in [-0.4, -0.2) is 24.1 Å². The Hall–Kier alpha value is -4.71. The Kier molecular flexibility index (Phi) is 7.56. The van der Waals surface area contributed by atoms with Crippen LogP contribution in [0.3, 0.4) is 0 Å². The fourth-order valence-corrected chi connectivity index (χ4v) is 3.93. The van der Waals surface area contributed by atoms with E-state index < -0.39 is 23.9 Å². The summed E-state index contributed by atoms with van der Waals surface area (Å²) < 4.78 is 24.4. The molecule has 2 N–H and O–H groups in total. The number of nitriles is 1. The molecule has 8 nitrogen and oxygen atoms in total. The van der Waals surface area contributed by atoms with Crippen molar-refractivity contribution in [2.45, 2.75) is 25.5 Å². The van der Waals surface area contributed by atoms with E-state index in [4.69, 9.17) is 9.47 Å². The van der Waals surface area contributed by atoms with E-state index in [0.717, 1.165) is 5.56 Å². The number of rotatable bonds is 8. The van der Waals surface area contributed by atoms with Gasteiger partial charge in [0.05, 0.1) is 24.3 Å². The lowest BCUT2D eigenvalue weighted by Crippen LogP contribution is -2.46.